The lowest BCUT2D eigenvalue weighted by atomic mass is 9.91. The number of hydrogen-bond donors (Lipinski definition) is 0. The maximum Gasteiger partial charge on any atom is 0.0281 e. The van der Waals surface area contributed by atoms with Gasteiger partial charge in [0.15, 0.2) is 0 Å². The third kappa shape index (κ3) is 3.67. The Morgan fingerprint density at radius 1 is 0.913 bits per heavy atom. The summed E-state index contributed by atoms with van der Waals surface area (Å²) in [5, 5.41) is 2.90. The molecule has 2 aromatic rings. The van der Waals surface area contributed by atoms with E-state index in [2.05, 4.69) is 86.2 Å². The van der Waals surface area contributed by atoms with Gasteiger partial charge in [-0.05, 0) is 42.8 Å². The molecule has 3 rings (SSSR count). The summed E-state index contributed by atoms with van der Waals surface area (Å²) in [5.74, 6) is 1.69. The average Bonchev–Trinajstić information content (AvgIpc) is 3.02. The highest BCUT2D eigenvalue weighted by Crippen LogP contribution is 2.44. The normalized spacial score (nSPS) is 22.7. The van der Waals surface area contributed by atoms with Crippen molar-refractivity contribution < 1.29 is 0 Å². The molecule has 1 saturated carbocycles. The van der Waals surface area contributed by atoms with E-state index in [-0.39, 0.29) is 0 Å². The first-order chi connectivity index (χ1) is 11.2. The van der Waals surface area contributed by atoms with Gasteiger partial charge in [0.25, 0.3) is 0 Å². The highest BCUT2D eigenvalue weighted by molar-refractivity contribution is 7.70. The lowest BCUT2D eigenvalue weighted by Crippen LogP contribution is -2.38. The minimum atomic E-state index is -0.453. The van der Waals surface area contributed by atoms with Crippen LogP contribution in [0.4, 0.5) is 0 Å². The molecule has 2 aromatic carbocycles. The number of nitrogens with zero attached hydrogens (tertiary/aromatic N) is 1. The molecule has 0 aliphatic heterocycles. The highest BCUT2D eigenvalue weighted by Gasteiger charge is 2.33. The third-order valence-corrected chi connectivity index (χ3v) is 8.02. The van der Waals surface area contributed by atoms with Crippen molar-refractivity contribution in [3.05, 3.63) is 60.7 Å². The van der Waals surface area contributed by atoms with Crippen molar-refractivity contribution in [2.24, 2.45) is 11.8 Å². The lowest BCUT2D eigenvalue weighted by Gasteiger charge is -2.38. The van der Waals surface area contributed by atoms with Gasteiger partial charge >= 0.3 is 0 Å². The van der Waals surface area contributed by atoms with Crippen LogP contribution in [0.1, 0.15) is 33.1 Å². The predicted octanol–water partition coefficient (Wildman–Crippen LogP) is 4.79. The van der Waals surface area contributed by atoms with E-state index in [0.29, 0.717) is 6.04 Å². The average molecular weight is 325 g/mol. The largest absolute Gasteiger partial charge is 0.275 e. The van der Waals surface area contributed by atoms with E-state index in [4.69, 9.17) is 0 Å². The summed E-state index contributed by atoms with van der Waals surface area (Å²) in [7, 11) is 1.88. The fourth-order valence-corrected chi connectivity index (χ4v) is 6.47. The van der Waals surface area contributed by atoms with E-state index in [1.807, 2.05) is 0 Å². The van der Waals surface area contributed by atoms with Gasteiger partial charge in [0.2, 0.25) is 0 Å². The van der Waals surface area contributed by atoms with Gasteiger partial charge in [0, 0.05) is 14.1 Å². The molecule has 1 fully saturated rings. The zero-order valence-electron chi connectivity index (χ0n) is 14.5. The number of benzene rings is 2. The Balaban J connectivity index is 1.92. The summed E-state index contributed by atoms with van der Waals surface area (Å²) in [6, 6.07) is 22.7. The van der Waals surface area contributed by atoms with Crippen molar-refractivity contribution in [2.45, 2.75) is 39.2 Å². The van der Waals surface area contributed by atoms with Gasteiger partial charge < -0.3 is 0 Å². The summed E-state index contributed by atoms with van der Waals surface area (Å²) in [5.41, 5.74) is 0. The van der Waals surface area contributed by atoms with Gasteiger partial charge in [-0.25, -0.2) is 0 Å². The molecule has 23 heavy (non-hydrogen) atoms. The highest BCUT2D eigenvalue weighted by atomic mass is 31.1. The van der Waals surface area contributed by atoms with Gasteiger partial charge in [-0.15, -0.1) is 0 Å². The molecule has 1 unspecified atom stereocenters. The second-order valence-electron chi connectivity index (χ2n) is 6.87. The molecule has 1 nitrogen and oxygen atoms in total. The molecule has 0 bridgehead atoms. The summed E-state index contributed by atoms with van der Waals surface area (Å²) in [4.78, 5) is 0. The number of rotatable bonds is 5. The van der Waals surface area contributed by atoms with Crippen LogP contribution in [0, 0.1) is 11.8 Å². The standard InChI is InChI=1S/C21H28NP/c1-17-11-10-16-21(17)18(2)22(3)23(19-12-6-4-7-13-19)20-14-8-5-9-15-20/h4-9,12-15,17-18,21H,10-11,16H2,1-3H3/t17-,18+,21?/m0/s1. The summed E-state index contributed by atoms with van der Waals surface area (Å²) < 4.78 is 2.66. The number of hydrogen-bond acceptors (Lipinski definition) is 1. The van der Waals surface area contributed by atoms with Crippen molar-refractivity contribution in [3.63, 3.8) is 0 Å². The quantitative estimate of drug-likeness (QED) is 0.714. The van der Waals surface area contributed by atoms with E-state index in [9.17, 15) is 0 Å². The maximum atomic E-state index is 2.66. The molecule has 2 heteroatoms. The lowest BCUT2D eigenvalue weighted by molar-refractivity contribution is 0.255. The van der Waals surface area contributed by atoms with Crippen LogP contribution in [0.2, 0.25) is 0 Å². The molecule has 0 heterocycles. The van der Waals surface area contributed by atoms with E-state index < -0.39 is 8.07 Å². The summed E-state index contributed by atoms with van der Waals surface area (Å²) >= 11 is 0. The first-order valence-corrected chi connectivity index (χ1v) is 10.1. The molecular weight excluding hydrogens is 297 g/mol. The van der Waals surface area contributed by atoms with Gasteiger partial charge in [0.1, 0.15) is 0 Å². The molecule has 0 saturated heterocycles. The topological polar surface area (TPSA) is 3.24 Å². The Kier molecular flexibility index (Phi) is 5.51. The summed E-state index contributed by atoms with van der Waals surface area (Å²) in [6.45, 7) is 4.88. The Bertz CT molecular complexity index is 558. The second-order valence-corrected chi connectivity index (χ2v) is 9.16. The van der Waals surface area contributed by atoms with Crippen LogP contribution in [0.5, 0.6) is 0 Å². The molecule has 1 aliphatic rings. The van der Waals surface area contributed by atoms with E-state index in [1.54, 1.807) is 0 Å². The second kappa shape index (κ2) is 7.60. The smallest absolute Gasteiger partial charge is 0.0281 e. The molecule has 0 amide bonds. The third-order valence-electron chi connectivity index (χ3n) is 5.45. The van der Waals surface area contributed by atoms with Crippen LogP contribution in [-0.4, -0.2) is 17.8 Å². The fourth-order valence-electron chi connectivity index (χ4n) is 4.00. The first kappa shape index (κ1) is 16.7. The molecule has 122 valence electrons. The maximum absolute atomic E-state index is 2.66. The van der Waals surface area contributed by atoms with Gasteiger partial charge in [-0.1, -0.05) is 80.4 Å². The predicted molar refractivity (Wildman–Crippen MR) is 103 cm³/mol. The fraction of sp³-hybridized carbons (Fsp3) is 0.429. The van der Waals surface area contributed by atoms with Crippen molar-refractivity contribution in [3.8, 4) is 0 Å². The van der Waals surface area contributed by atoms with Crippen molar-refractivity contribution in [2.75, 3.05) is 7.05 Å². The van der Waals surface area contributed by atoms with Crippen LogP contribution in [0.15, 0.2) is 60.7 Å². The van der Waals surface area contributed by atoms with Crippen molar-refractivity contribution >= 4 is 18.7 Å². The van der Waals surface area contributed by atoms with Gasteiger partial charge in [-0.2, -0.15) is 0 Å². The molecule has 0 radical (unpaired) electrons. The molecule has 0 spiro atoms. The molecule has 0 aromatic heterocycles. The summed E-state index contributed by atoms with van der Waals surface area (Å²) in [6.07, 6.45) is 4.19. The zero-order chi connectivity index (χ0) is 16.2. The first-order valence-electron chi connectivity index (χ1n) is 8.81. The van der Waals surface area contributed by atoms with Crippen LogP contribution < -0.4 is 10.6 Å². The monoisotopic (exact) mass is 325 g/mol. The SMILES string of the molecule is C[C@H](C1CCC[C@@H]1C)N(C)P(c1ccccc1)c1ccccc1. The Morgan fingerprint density at radius 2 is 1.43 bits per heavy atom. The van der Waals surface area contributed by atoms with Crippen LogP contribution in [0.25, 0.3) is 0 Å². The van der Waals surface area contributed by atoms with Gasteiger partial charge in [0.05, 0.1) is 0 Å². The van der Waals surface area contributed by atoms with E-state index in [0.717, 1.165) is 11.8 Å². The molecule has 0 N–H and O–H groups in total. The minimum Gasteiger partial charge on any atom is -0.275 e. The van der Waals surface area contributed by atoms with Crippen LogP contribution >= 0.6 is 8.07 Å². The molecule has 1 aliphatic carbocycles. The molecule has 3 atom stereocenters. The molecular formula is C21H28NP. The minimum absolute atomic E-state index is 0.453. The van der Waals surface area contributed by atoms with E-state index >= 15 is 0 Å². The zero-order valence-corrected chi connectivity index (χ0v) is 15.4. The van der Waals surface area contributed by atoms with Crippen molar-refractivity contribution in [1.29, 1.82) is 0 Å². The Labute approximate surface area is 142 Å². The Hall–Kier alpha value is -1.17. The van der Waals surface area contributed by atoms with Crippen LogP contribution in [-0.2, 0) is 0 Å². The van der Waals surface area contributed by atoms with Gasteiger partial charge in [-0.3, -0.25) is 4.67 Å². The van der Waals surface area contributed by atoms with Crippen LogP contribution in [0.3, 0.4) is 0 Å². The van der Waals surface area contributed by atoms with E-state index in [1.165, 1.54) is 29.9 Å². The Morgan fingerprint density at radius 3 is 1.87 bits per heavy atom. The van der Waals surface area contributed by atoms with Crippen molar-refractivity contribution in [1.82, 2.24) is 4.67 Å².